The molecule has 2 amide bonds. The van der Waals surface area contributed by atoms with Crippen LogP contribution in [0.5, 0.6) is 0 Å². The number of piperazine rings is 1. The van der Waals surface area contributed by atoms with Crippen molar-refractivity contribution < 1.29 is 9.59 Å². The first kappa shape index (κ1) is 19.7. The SMILES string of the molecule is CC(C)(C)CC(=O)N1CCN(c2ccc(NC(=O)C3CCCC3)cc2)CC1. The number of amides is 2. The second kappa shape index (κ2) is 8.32. The van der Waals surface area contributed by atoms with Gasteiger partial charge in [-0.3, -0.25) is 9.59 Å². The van der Waals surface area contributed by atoms with Gasteiger partial charge in [0.1, 0.15) is 0 Å². The highest BCUT2D eigenvalue weighted by Gasteiger charge is 2.25. The lowest BCUT2D eigenvalue weighted by Crippen LogP contribution is -2.49. The van der Waals surface area contributed by atoms with E-state index in [9.17, 15) is 9.59 Å². The van der Waals surface area contributed by atoms with Crippen molar-refractivity contribution in [1.29, 1.82) is 0 Å². The van der Waals surface area contributed by atoms with E-state index in [-0.39, 0.29) is 23.1 Å². The second-order valence-corrected chi connectivity index (χ2v) is 9.12. The van der Waals surface area contributed by atoms with Crippen LogP contribution in [0, 0.1) is 11.3 Å². The fraction of sp³-hybridized carbons (Fsp3) is 0.636. The van der Waals surface area contributed by atoms with Gasteiger partial charge in [0.25, 0.3) is 0 Å². The van der Waals surface area contributed by atoms with Crippen molar-refractivity contribution in [3.8, 4) is 0 Å². The number of benzene rings is 1. The van der Waals surface area contributed by atoms with Crippen LogP contribution in [0.15, 0.2) is 24.3 Å². The van der Waals surface area contributed by atoms with Gasteiger partial charge in [-0.15, -0.1) is 0 Å². The molecule has 148 valence electrons. The molecule has 1 heterocycles. The Kier molecular flexibility index (Phi) is 6.08. The van der Waals surface area contributed by atoms with Crippen molar-refractivity contribution in [2.24, 2.45) is 11.3 Å². The average molecular weight is 372 g/mol. The minimum absolute atomic E-state index is 0.0347. The smallest absolute Gasteiger partial charge is 0.227 e. The van der Waals surface area contributed by atoms with E-state index in [1.54, 1.807) is 0 Å². The van der Waals surface area contributed by atoms with Gasteiger partial charge in [0.05, 0.1) is 0 Å². The molecule has 0 radical (unpaired) electrons. The molecule has 1 aliphatic heterocycles. The summed E-state index contributed by atoms with van der Waals surface area (Å²) in [6.45, 7) is 9.56. The zero-order chi connectivity index (χ0) is 19.4. The predicted molar refractivity (Wildman–Crippen MR) is 110 cm³/mol. The molecular formula is C22H33N3O2. The summed E-state index contributed by atoms with van der Waals surface area (Å²) in [5, 5.41) is 3.05. The lowest BCUT2D eigenvalue weighted by Gasteiger charge is -2.37. The van der Waals surface area contributed by atoms with Crippen molar-refractivity contribution >= 4 is 23.2 Å². The zero-order valence-corrected chi connectivity index (χ0v) is 17.0. The molecule has 1 aromatic rings. The molecule has 0 spiro atoms. The zero-order valence-electron chi connectivity index (χ0n) is 17.0. The van der Waals surface area contributed by atoms with Crippen LogP contribution in [0.3, 0.4) is 0 Å². The number of anilines is 2. The fourth-order valence-electron chi connectivity index (χ4n) is 3.97. The number of nitrogens with one attached hydrogen (secondary N) is 1. The van der Waals surface area contributed by atoms with E-state index in [1.165, 1.54) is 12.8 Å². The maximum atomic E-state index is 12.4. The summed E-state index contributed by atoms with van der Waals surface area (Å²) in [7, 11) is 0. The molecule has 5 nitrogen and oxygen atoms in total. The summed E-state index contributed by atoms with van der Waals surface area (Å²) < 4.78 is 0. The van der Waals surface area contributed by atoms with Crippen molar-refractivity contribution in [2.75, 3.05) is 36.4 Å². The first-order valence-electron chi connectivity index (χ1n) is 10.3. The summed E-state index contributed by atoms with van der Waals surface area (Å²) in [6, 6.07) is 8.10. The second-order valence-electron chi connectivity index (χ2n) is 9.12. The Morgan fingerprint density at radius 3 is 2.15 bits per heavy atom. The highest BCUT2D eigenvalue weighted by Crippen LogP contribution is 2.27. The normalized spacial score (nSPS) is 18.6. The molecule has 3 rings (SSSR count). The molecule has 0 atom stereocenters. The van der Waals surface area contributed by atoms with Crippen molar-refractivity contribution in [3.05, 3.63) is 24.3 Å². The van der Waals surface area contributed by atoms with E-state index in [2.05, 4.69) is 43.1 Å². The van der Waals surface area contributed by atoms with Gasteiger partial charge in [0.15, 0.2) is 0 Å². The molecule has 5 heteroatoms. The standard InChI is InChI=1S/C22H33N3O2/c1-22(2,3)16-20(26)25-14-12-24(13-15-25)19-10-8-18(9-11-19)23-21(27)17-6-4-5-7-17/h8-11,17H,4-7,12-16H2,1-3H3,(H,23,27). The number of hydrogen-bond acceptors (Lipinski definition) is 3. The molecule has 1 N–H and O–H groups in total. The first-order valence-corrected chi connectivity index (χ1v) is 10.3. The lowest BCUT2D eigenvalue weighted by molar-refractivity contribution is -0.133. The molecule has 2 aliphatic rings. The maximum Gasteiger partial charge on any atom is 0.227 e. The third-order valence-electron chi connectivity index (χ3n) is 5.54. The average Bonchev–Trinajstić information content (AvgIpc) is 3.16. The van der Waals surface area contributed by atoms with Crippen LogP contribution in [0.25, 0.3) is 0 Å². The summed E-state index contributed by atoms with van der Waals surface area (Å²) in [5.74, 6) is 0.599. The van der Waals surface area contributed by atoms with Gasteiger partial charge in [-0.05, 0) is 42.5 Å². The summed E-state index contributed by atoms with van der Waals surface area (Å²) >= 11 is 0. The summed E-state index contributed by atoms with van der Waals surface area (Å²) in [6.07, 6.45) is 4.97. The quantitative estimate of drug-likeness (QED) is 0.873. The number of carbonyl (C=O) groups is 2. The van der Waals surface area contributed by atoms with Crippen LogP contribution in [-0.4, -0.2) is 42.9 Å². The van der Waals surface area contributed by atoms with Crippen LogP contribution in [0.2, 0.25) is 0 Å². The highest BCUT2D eigenvalue weighted by molar-refractivity contribution is 5.92. The van der Waals surface area contributed by atoms with Crippen LogP contribution in [0.4, 0.5) is 11.4 Å². The first-order chi connectivity index (χ1) is 12.8. The predicted octanol–water partition coefficient (Wildman–Crippen LogP) is 3.90. The molecule has 0 unspecified atom stereocenters. The van der Waals surface area contributed by atoms with Gasteiger partial charge in [-0.2, -0.15) is 0 Å². The van der Waals surface area contributed by atoms with Crippen molar-refractivity contribution in [1.82, 2.24) is 4.90 Å². The van der Waals surface area contributed by atoms with Gasteiger partial charge in [0.2, 0.25) is 11.8 Å². The van der Waals surface area contributed by atoms with Crippen molar-refractivity contribution in [3.63, 3.8) is 0 Å². The Hall–Kier alpha value is -2.04. The van der Waals surface area contributed by atoms with E-state index >= 15 is 0 Å². The van der Waals surface area contributed by atoms with E-state index in [4.69, 9.17) is 0 Å². The molecule has 27 heavy (non-hydrogen) atoms. The van der Waals surface area contributed by atoms with Gasteiger partial charge in [-0.25, -0.2) is 0 Å². The van der Waals surface area contributed by atoms with E-state index in [0.717, 1.165) is 50.4 Å². The monoisotopic (exact) mass is 371 g/mol. The van der Waals surface area contributed by atoms with Gasteiger partial charge in [0, 0.05) is 49.9 Å². The largest absolute Gasteiger partial charge is 0.368 e. The molecule has 1 saturated carbocycles. The van der Waals surface area contributed by atoms with Crippen molar-refractivity contribution in [2.45, 2.75) is 52.9 Å². The lowest BCUT2D eigenvalue weighted by atomic mass is 9.91. The Balaban J connectivity index is 1.50. The maximum absolute atomic E-state index is 12.4. The summed E-state index contributed by atoms with van der Waals surface area (Å²) in [4.78, 5) is 28.9. The fourth-order valence-corrected chi connectivity index (χ4v) is 3.97. The van der Waals surface area contributed by atoms with Crippen LogP contribution < -0.4 is 10.2 Å². The Bertz CT molecular complexity index is 649. The summed E-state index contributed by atoms with van der Waals surface area (Å²) in [5.41, 5.74) is 2.05. The Morgan fingerprint density at radius 1 is 1.00 bits per heavy atom. The molecule has 0 aromatic heterocycles. The Labute approximate surface area is 163 Å². The number of rotatable bonds is 4. The minimum atomic E-state index is 0.0347. The third kappa shape index (κ3) is 5.47. The van der Waals surface area contributed by atoms with Crippen LogP contribution >= 0.6 is 0 Å². The number of carbonyl (C=O) groups excluding carboxylic acids is 2. The third-order valence-corrected chi connectivity index (χ3v) is 5.54. The molecular weight excluding hydrogens is 338 g/mol. The Morgan fingerprint density at radius 2 is 1.59 bits per heavy atom. The molecule has 1 aliphatic carbocycles. The van der Waals surface area contributed by atoms with Gasteiger partial charge < -0.3 is 15.1 Å². The van der Waals surface area contributed by atoms with Gasteiger partial charge in [-0.1, -0.05) is 33.6 Å². The highest BCUT2D eigenvalue weighted by atomic mass is 16.2. The molecule has 2 fully saturated rings. The van der Waals surface area contributed by atoms with E-state index in [0.29, 0.717) is 6.42 Å². The molecule has 1 saturated heterocycles. The minimum Gasteiger partial charge on any atom is -0.368 e. The van der Waals surface area contributed by atoms with E-state index in [1.807, 2.05) is 17.0 Å². The van der Waals surface area contributed by atoms with Crippen LogP contribution in [0.1, 0.15) is 52.9 Å². The van der Waals surface area contributed by atoms with E-state index < -0.39 is 0 Å². The number of hydrogen-bond donors (Lipinski definition) is 1. The molecule has 1 aromatic carbocycles. The molecule has 0 bridgehead atoms. The number of nitrogens with zero attached hydrogens (tertiary/aromatic N) is 2. The van der Waals surface area contributed by atoms with Gasteiger partial charge >= 0.3 is 0 Å². The van der Waals surface area contributed by atoms with Crippen LogP contribution in [-0.2, 0) is 9.59 Å². The topological polar surface area (TPSA) is 52.7 Å².